The van der Waals surface area contributed by atoms with Crippen LogP contribution in [0.3, 0.4) is 0 Å². The van der Waals surface area contributed by atoms with E-state index in [0.717, 1.165) is 41.0 Å². The Morgan fingerprint density at radius 1 is 0.973 bits per heavy atom. The topological polar surface area (TPSA) is 123 Å². The van der Waals surface area contributed by atoms with Crippen molar-refractivity contribution in [3.05, 3.63) is 57.5 Å². The number of hydrogen-bond donors (Lipinski definition) is 2. The molecule has 3 amide bonds. The van der Waals surface area contributed by atoms with Gasteiger partial charge in [-0.1, -0.05) is 29.0 Å². The molecule has 11 heteroatoms. The lowest BCUT2D eigenvalue weighted by Gasteiger charge is -2.31. The number of amides is 3. The van der Waals surface area contributed by atoms with Crippen LogP contribution in [0.15, 0.2) is 36.4 Å². The Hall–Kier alpha value is -3.99. The van der Waals surface area contributed by atoms with Gasteiger partial charge < -0.3 is 25.0 Å². The molecule has 2 aliphatic heterocycles. The number of hydrogen-bond acceptors (Lipinski definition) is 8. The number of aryl methyl sites for hydroxylation is 2. The number of piperidine rings is 1. The molecule has 1 aromatic heterocycles. The summed E-state index contributed by atoms with van der Waals surface area (Å²) >= 11 is 0.957. The van der Waals surface area contributed by atoms with Crippen LogP contribution in [0, 0.1) is 19.8 Å². The molecule has 3 aromatic rings. The van der Waals surface area contributed by atoms with Crippen LogP contribution in [0.2, 0.25) is 0 Å². The second-order valence-electron chi connectivity index (χ2n) is 9.24. The lowest BCUT2D eigenvalue weighted by Crippen LogP contribution is -2.39. The van der Waals surface area contributed by atoms with Gasteiger partial charge in [-0.2, -0.15) is 0 Å². The zero-order valence-corrected chi connectivity index (χ0v) is 21.4. The highest BCUT2D eigenvalue weighted by Crippen LogP contribution is 2.34. The predicted octanol–water partition coefficient (Wildman–Crippen LogP) is 4.02. The largest absolute Gasteiger partial charge is 0.454 e. The molecule has 192 valence electrons. The van der Waals surface area contributed by atoms with Gasteiger partial charge in [-0.15, -0.1) is 10.2 Å². The standard InChI is InChI=1S/C26H27N5O5S/c1-15-3-5-19(16(2)11-15)28-22(32)12-17-7-9-31(10-8-17)26(34)25-30-29-24(37-25)23(33)27-18-4-6-20-21(13-18)36-14-35-20/h3-6,11,13,17H,7-10,12,14H2,1-2H3,(H,27,33)(H,28,32). The number of carbonyl (C=O) groups excluding carboxylic acids is 3. The van der Waals surface area contributed by atoms with E-state index in [9.17, 15) is 14.4 Å². The highest BCUT2D eigenvalue weighted by atomic mass is 32.1. The van der Waals surface area contributed by atoms with Crippen LogP contribution in [0.1, 0.15) is 50.0 Å². The number of nitrogens with zero attached hydrogens (tertiary/aromatic N) is 3. The predicted molar refractivity (Wildman–Crippen MR) is 138 cm³/mol. The maximum atomic E-state index is 12.9. The number of likely N-dealkylation sites (tertiary alicyclic amines) is 1. The molecule has 0 spiro atoms. The van der Waals surface area contributed by atoms with Crippen LogP contribution in [-0.4, -0.2) is 52.7 Å². The van der Waals surface area contributed by atoms with Gasteiger partial charge in [-0.25, -0.2) is 0 Å². The van der Waals surface area contributed by atoms with E-state index in [-0.39, 0.29) is 34.5 Å². The van der Waals surface area contributed by atoms with Crippen molar-refractivity contribution in [2.24, 2.45) is 5.92 Å². The van der Waals surface area contributed by atoms with Gasteiger partial charge in [-0.3, -0.25) is 14.4 Å². The fourth-order valence-electron chi connectivity index (χ4n) is 4.45. The maximum absolute atomic E-state index is 12.9. The highest BCUT2D eigenvalue weighted by Gasteiger charge is 2.28. The number of aromatic nitrogens is 2. The van der Waals surface area contributed by atoms with Gasteiger partial charge in [0.2, 0.25) is 22.7 Å². The van der Waals surface area contributed by atoms with E-state index < -0.39 is 5.91 Å². The quantitative estimate of drug-likeness (QED) is 0.502. The molecule has 2 N–H and O–H groups in total. The molecule has 1 fully saturated rings. The van der Waals surface area contributed by atoms with E-state index >= 15 is 0 Å². The lowest BCUT2D eigenvalue weighted by atomic mass is 9.93. The molecule has 3 heterocycles. The van der Waals surface area contributed by atoms with Gasteiger partial charge in [0.15, 0.2) is 11.5 Å². The van der Waals surface area contributed by atoms with Gasteiger partial charge >= 0.3 is 0 Å². The number of carbonyl (C=O) groups is 3. The molecule has 0 bridgehead atoms. The van der Waals surface area contributed by atoms with Crippen molar-refractivity contribution < 1.29 is 23.9 Å². The normalized spacial score (nSPS) is 14.9. The zero-order chi connectivity index (χ0) is 25.9. The molecule has 10 nitrogen and oxygen atoms in total. The van der Waals surface area contributed by atoms with E-state index in [1.165, 1.54) is 0 Å². The maximum Gasteiger partial charge on any atom is 0.286 e. The van der Waals surface area contributed by atoms with Crippen molar-refractivity contribution >= 4 is 40.4 Å². The molecule has 2 aliphatic rings. The molecule has 0 aliphatic carbocycles. The van der Waals surface area contributed by atoms with Crippen LogP contribution in [0.5, 0.6) is 11.5 Å². The summed E-state index contributed by atoms with van der Waals surface area (Å²) in [4.78, 5) is 39.8. The Labute approximate surface area is 218 Å². The first-order valence-electron chi connectivity index (χ1n) is 12.1. The number of nitrogens with one attached hydrogen (secondary N) is 2. The average Bonchev–Trinajstić information content (AvgIpc) is 3.56. The Morgan fingerprint density at radius 2 is 1.73 bits per heavy atom. The van der Waals surface area contributed by atoms with E-state index in [4.69, 9.17) is 9.47 Å². The zero-order valence-electron chi connectivity index (χ0n) is 20.6. The van der Waals surface area contributed by atoms with Crippen molar-refractivity contribution in [2.45, 2.75) is 33.1 Å². The van der Waals surface area contributed by atoms with E-state index in [1.54, 1.807) is 23.1 Å². The number of rotatable bonds is 6. The lowest BCUT2D eigenvalue weighted by molar-refractivity contribution is -0.117. The Bertz CT molecular complexity index is 1350. The fourth-order valence-corrected chi connectivity index (χ4v) is 5.16. The van der Waals surface area contributed by atoms with Crippen LogP contribution in [0.4, 0.5) is 11.4 Å². The fraction of sp³-hybridized carbons (Fsp3) is 0.346. The third-order valence-corrected chi connectivity index (χ3v) is 7.37. The minimum Gasteiger partial charge on any atom is -0.454 e. The summed E-state index contributed by atoms with van der Waals surface area (Å²) in [5.74, 6) is 0.651. The van der Waals surface area contributed by atoms with E-state index in [0.29, 0.717) is 36.7 Å². The third kappa shape index (κ3) is 5.72. The summed E-state index contributed by atoms with van der Waals surface area (Å²) in [6, 6.07) is 11.0. The molecule has 0 atom stereocenters. The molecular formula is C26H27N5O5S. The van der Waals surface area contributed by atoms with Crippen molar-refractivity contribution in [1.29, 1.82) is 0 Å². The van der Waals surface area contributed by atoms with Crippen molar-refractivity contribution in [1.82, 2.24) is 15.1 Å². The summed E-state index contributed by atoms with van der Waals surface area (Å²) in [5.41, 5.74) is 3.55. The summed E-state index contributed by atoms with van der Waals surface area (Å²) in [7, 11) is 0. The van der Waals surface area contributed by atoms with Crippen LogP contribution in [0.25, 0.3) is 0 Å². The van der Waals surface area contributed by atoms with Gasteiger partial charge in [0.25, 0.3) is 11.8 Å². The SMILES string of the molecule is Cc1ccc(NC(=O)CC2CCN(C(=O)c3nnc(C(=O)Nc4ccc5c(c4)OCO5)s3)CC2)c(C)c1. The molecule has 2 aromatic carbocycles. The monoisotopic (exact) mass is 521 g/mol. The van der Waals surface area contributed by atoms with E-state index in [2.05, 4.69) is 20.8 Å². The summed E-state index contributed by atoms with van der Waals surface area (Å²) in [5, 5.41) is 13.9. The number of fused-ring (bicyclic) bond motifs is 1. The molecule has 0 radical (unpaired) electrons. The van der Waals surface area contributed by atoms with Crippen molar-refractivity contribution in [3.63, 3.8) is 0 Å². The van der Waals surface area contributed by atoms with Crippen LogP contribution < -0.4 is 20.1 Å². The third-order valence-electron chi connectivity index (χ3n) is 6.46. The Kier molecular flexibility index (Phi) is 7.04. The molecule has 0 unspecified atom stereocenters. The molecule has 5 rings (SSSR count). The minimum absolute atomic E-state index is 0.0148. The first-order chi connectivity index (χ1) is 17.9. The summed E-state index contributed by atoms with van der Waals surface area (Å²) < 4.78 is 10.6. The number of ether oxygens (including phenoxy) is 2. The van der Waals surface area contributed by atoms with Crippen molar-refractivity contribution in [2.75, 3.05) is 30.5 Å². The number of benzene rings is 2. The molecule has 0 saturated carbocycles. The highest BCUT2D eigenvalue weighted by molar-refractivity contribution is 7.15. The molecule has 37 heavy (non-hydrogen) atoms. The first-order valence-corrected chi connectivity index (χ1v) is 12.9. The summed E-state index contributed by atoms with van der Waals surface area (Å²) in [6.07, 6.45) is 1.86. The minimum atomic E-state index is -0.455. The van der Waals surface area contributed by atoms with E-state index in [1.807, 2.05) is 32.0 Å². The second kappa shape index (κ2) is 10.6. The van der Waals surface area contributed by atoms with Gasteiger partial charge in [0.05, 0.1) is 0 Å². The second-order valence-corrected chi connectivity index (χ2v) is 10.2. The Morgan fingerprint density at radius 3 is 2.51 bits per heavy atom. The first kappa shape index (κ1) is 24.7. The van der Waals surface area contributed by atoms with Gasteiger partial charge in [-0.05, 0) is 56.4 Å². The van der Waals surface area contributed by atoms with Crippen LogP contribution in [-0.2, 0) is 4.79 Å². The van der Waals surface area contributed by atoms with Gasteiger partial charge in [0.1, 0.15) is 0 Å². The number of anilines is 2. The molecular weight excluding hydrogens is 494 g/mol. The van der Waals surface area contributed by atoms with Gasteiger partial charge in [0, 0.05) is 37.0 Å². The summed E-state index contributed by atoms with van der Waals surface area (Å²) in [6.45, 7) is 5.20. The smallest absolute Gasteiger partial charge is 0.286 e. The Balaban J connectivity index is 1.11. The average molecular weight is 522 g/mol. The van der Waals surface area contributed by atoms with Crippen molar-refractivity contribution in [3.8, 4) is 11.5 Å². The molecule has 1 saturated heterocycles. The van der Waals surface area contributed by atoms with Crippen LogP contribution >= 0.6 is 11.3 Å².